The Morgan fingerprint density at radius 3 is 2.50 bits per heavy atom. The summed E-state index contributed by atoms with van der Waals surface area (Å²) in [6.45, 7) is 2.07. The van der Waals surface area contributed by atoms with Crippen molar-refractivity contribution < 1.29 is 0 Å². The van der Waals surface area contributed by atoms with Gasteiger partial charge in [-0.05, 0) is 18.1 Å². The summed E-state index contributed by atoms with van der Waals surface area (Å²) in [5, 5.41) is 4.80. The van der Waals surface area contributed by atoms with E-state index in [0.29, 0.717) is 5.15 Å². The maximum Gasteiger partial charge on any atom is 0.134 e. The van der Waals surface area contributed by atoms with Crippen LogP contribution in [0.4, 0.5) is 0 Å². The van der Waals surface area contributed by atoms with E-state index < -0.39 is 0 Å². The lowest BCUT2D eigenvalue weighted by molar-refractivity contribution is 0.769. The Morgan fingerprint density at radius 2 is 1.93 bits per heavy atom. The van der Waals surface area contributed by atoms with Gasteiger partial charge in [-0.1, -0.05) is 35.9 Å². The minimum atomic E-state index is 0.680. The molecule has 0 aliphatic heterocycles. The quantitative estimate of drug-likeness (QED) is 0.701. The number of hydrogen-bond acceptors (Lipinski definition) is 1. The Balaban J connectivity index is 2.60. The van der Waals surface area contributed by atoms with Crippen molar-refractivity contribution in [2.45, 2.75) is 6.92 Å². The number of benzene rings is 1. The van der Waals surface area contributed by atoms with Crippen molar-refractivity contribution in [3.8, 4) is 11.1 Å². The van der Waals surface area contributed by atoms with Crippen molar-refractivity contribution in [1.82, 2.24) is 9.78 Å². The van der Waals surface area contributed by atoms with Gasteiger partial charge in [-0.2, -0.15) is 5.10 Å². The molecule has 2 nitrogen and oxygen atoms in total. The lowest BCUT2D eigenvalue weighted by atomic mass is 10.0. The van der Waals surface area contributed by atoms with Gasteiger partial charge >= 0.3 is 0 Å². The Morgan fingerprint density at radius 1 is 1.21 bits per heavy atom. The van der Waals surface area contributed by atoms with Gasteiger partial charge in [0.2, 0.25) is 0 Å². The van der Waals surface area contributed by atoms with Gasteiger partial charge in [-0.15, -0.1) is 0 Å². The highest BCUT2D eigenvalue weighted by atomic mass is 35.5. The van der Waals surface area contributed by atoms with E-state index in [2.05, 4.69) is 24.2 Å². The molecule has 14 heavy (non-hydrogen) atoms. The van der Waals surface area contributed by atoms with E-state index in [9.17, 15) is 0 Å². The van der Waals surface area contributed by atoms with Gasteiger partial charge in [0.05, 0.1) is 6.20 Å². The molecule has 1 heterocycles. The number of rotatable bonds is 1. The van der Waals surface area contributed by atoms with Crippen LogP contribution < -0.4 is 0 Å². The van der Waals surface area contributed by atoms with E-state index in [0.717, 1.165) is 11.1 Å². The summed E-state index contributed by atoms with van der Waals surface area (Å²) in [5.41, 5.74) is 3.35. The van der Waals surface area contributed by atoms with Gasteiger partial charge in [0.15, 0.2) is 0 Å². The molecule has 0 atom stereocenters. The summed E-state index contributed by atoms with van der Waals surface area (Å²) in [5.74, 6) is 0. The highest BCUT2D eigenvalue weighted by molar-refractivity contribution is 6.32. The van der Waals surface area contributed by atoms with E-state index in [4.69, 9.17) is 11.6 Å². The maximum absolute atomic E-state index is 6.12. The third-order valence-electron chi connectivity index (χ3n) is 2.30. The van der Waals surface area contributed by atoms with Crippen LogP contribution in [0.5, 0.6) is 0 Å². The Hall–Kier alpha value is -1.28. The molecule has 0 aliphatic rings. The van der Waals surface area contributed by atoms with Crippen LogP contribution in [0.25, 0.3) is 11.1 Å². The molecule has 0 aliphatic carbocycles. The normalized spacial score (nSPS) is 10.5. The van der Waals surface area contributed by atoms with Crippen LogP contribution in [0.15, 0.2) is 30.5 Å². The lowest BCUT2D eigenvalue weighted by Crippen LogP contribution is -1.88. The Labute approximate surface area is 88.1 Å². The fourth-order valence-electron chi connectivity index (χ4n) is 1.48. The zero-order valence-electron chi connectivity index (χ0n) is 8.16. The molecule has 0 fully saturated rings. The van der Waals surface area contributed by atoms with E-state index in [1.54, 1.807) is 10.9 Å². The lowest BCUT2D eigenvalue weighted by Gasteiger charge is -2.02. The molecule has 0 saturated carbocycles. The van der Waals surface area contributed by atoms with Gasteiger partial charge in [-0.25, -0.2) is 0 Å². The standard InChI is InChI=1S/C11H11ClN2/c1-8-5-3-4-6-9(8)10-7-13-14(2)11(10)12/h3-7H,1-2H3. The minimum Gasteiger partial charge on any atom is -0.256 e. The average Bonchev–Trinajstić information content (AvgIpc) is 2.49. The van der Waals surface area contributed by atoms with Gasteiger partial charge < -0.3 is 0 Å². The molecule has 1 aromatic carbocycles. The molecule has 0 bridgehead atoms. The van der Waals surface area contributed by atoms with Crippen molar-refractivity contribution in [2.75, 3.05) is 0 Å². The number of nitrogens with zero attached hydrogens (tertiary/aromatic N) is 2. The molecule has 0 spiro atoms. The molecule has 0 unspecified atom stereocenters. The van der Waals surface area contributed by atoms with Gasteiger partial charge in [-0.3, -0.25) is 4.68 Å². The average molecular weight is 207 g/mol. The second-order valence-electron chi connectivity index (χ2n) is 3.29. The third kappa shape index (κ3) is 1.42. The predicted molar refractivity (Wildman–Crippen MR) is 58.4 cm³/mol. The fourth-order valence-corrected chi connectivity index (χ4v) is 1.67. The molecule has 1 aromatic heterocycles. The summed E-state index contributed by atoms with van der Waals surface area (Å²) in [6.07, 6.45) is 1.80. The van der Waals surface area contributed by atoms with Gasteiger partial charge in [0.1, 0.15) is 5.15 Å². The molecule has 0 radical (unpaired) electrons. The second kappa shape index (κ2) is 3.46. The molecule has 2 rings (SSSR count). The summed E-state index contributed by atoms with van der Waals surface area (Å²) in [6, 6.07) is 8.14. The highest BCUT2D eigenvalue weighted by Crippen LogP contribution is 2.29. The largest absolute Gasteiger partial charge is 0.256 e. The topological polar surface area (TPSA) is 17.8 Å². The number of aryl methyl sites for hydroxylation is 2. The molecule has 0 N–H and O–H groups in total. The van der Waals surface area contributed by atoms with E-state index in [1.807, 2.05) is 19.2 Å². The van der Waals surface area contributed by atoms with Crippen LogP contribution in [-0.4, -0.2) is 9.78 Å². The first kappa shape index (κ1) is 9.28. The van der Waals surface area contributed by atoms with Crippen molar-refractivity contribution in [3.05, 3.63) is 41.2 Å². The van der Waals surface area contributed by atoms with Crippen LogP contribution in [0.1, 0.15) is 5.56 Å². The van der Waals surface area contributed by atoms with Crippen molar-refractivity contribution in [1.29, 1.82) is 0 Å². The fraction of sp³-hybridized carbons (Fsp3) is 0.182. The second-order valence-corrected chi connectivity index (χ2v) is 3.65. The summed E-state index contributed by atoms with van der Waals surface area (Å²) in [7, 11) is 1.84. The maximum atomic E-state index is 6.12. The number of aromatic nitrogens is 2. The first-order chi connectivity index (χ1) is 6.70. The first-order valence-electron chi connectivity index (χ1n) is 4.43. The van der Waals surface area contributed by atoms with Crippen LogP contribution in [0.2, 0.25) is 5.15 Å². The third-order valence-corrected chi connectivity index (χ3v) is 2.75. The molecule has 2 aromatic rings. The molecule has 72 valence electrons. The Kier molecular flexibility index (Phi) is 2.30. The van der Waals surface area contributed by atoms with Crippen molar-refractivity contribution in [3.63, 3.8) is 0 Å². The molecule has 0 amide bonds. The smallest absolute Gasteiger partial charge is 0.134 e. The number of halogens is 1. The van der Waals surface area contributed by atoms with E-state index in [-0.39, 0.29) is 0 Å². The Bertz CT molecular complexity index is 460. The van der Waals surface area contributed by atoms with Crippen LogP contribution in [-0.2, 0) is 7.05 Å². The van der Waals surface area contributed by atoms with Crippen molar-refractivity contribution in [2.24, 2.45) is 7.05 Å². The molecular formula is C11H11ClN2. The van der Waals surface area contributed by atoms with E-state index in [1.165, 1.54) is 5.56 Å². The SMILES string of the molecule is Cc1ccccc1-c1cnn(C)c1Cl. The van der Waals surface area contributed by atoms with Crippen molar-refractivity contribution >= 4 is 11.6 Å². The molecular weight excluding hydrogens is 196 g/mol. The van der Waals surface area contributed by atoms with Gasteiger partial charge in [0.25, 0.3) is 0 Å². The minimum absolute atomic E-state index is 0.680. The molecule has 3 heteroatoms. The number of hydrogen-bond donors (Lipinski definition) is 0. The van der Waals surface area contributed by atoms with Crippen LogP contribution >= 0.6 is 11.6 Å². The zero-order chi connectivity index (χ0) is 10.1. The van der Waals surface area contributed by atoms with E-state index >= 15 is 0 Å². The van der Waals surface area contributed by atoms with Gasteiger partial charge in [0, 0.05) is 12.6 Å². The summed E-state index contributed by atoms with van der Waals surface area (Å²) >= 11 is 6.12. The summed E-state index contributed by atoms with van der Waals surface area (Å²) < 4.78 is 1.67. The highest BCUT2D eigenvalue weighted by Gasteiger charge is 2.09. The van der Waals surface area contributed by atoms with Crippen LogP contribution in [0, 0.1) is 6.92 Å². The zero-order valence-corrected chi connectivity index (χ0v) is 8.92. The molecule has 0 saturated heterocycles. The van der Waals surface area contributed by atoms with Crippen LogP contribution in [0.3, 0.4) is 0 Å². The summed E-state index contributed by atoms with van der Waals surface area (Å²) in [4.78, 5) is 0. The first-order valence-corrected chi connectivity index (χ1v) is 4.81. The predicted octanol–water partition coefficient (Wildman–Crippen LogP) is 3.05. The monoisotopic (exact) mass is 206 g/mol.